The third-order valence-corrected chi connectivity index (χ3v) is 6.48. The third kappa shape index (κ3) is 4.26. The van der Waals surface area contributed by atoms with Crippen LogP contribution < -0.4 is 4.74 Å². The third-order valence-electron chi connectivity index (χ3n) is 5.44. The maximum absolute atomic E-state index is 14.1. The summed E-state index contributed by atoms with van der Waals surface area (Å²) in [7, 11) is 0. The Hall–Kier alpha value is -3.16. The number of nitrogens with zero attached hydrogens (tertiary/aromatic N) is 2. The summed E-state index contributed by atoms with van der Waals surface area (Å²) in [5, 5.41) is 2.69. The van der Waals surface area contributed by atoms with Gasteiger partial charge >= 0.3 is 0 Å². The predicted molar refractivity (Wildman–Crippen MR) is 125 cm³/mol. The second kappa shape index (κ2) is 9.14. The molecule has 5 nitrogen and oxygen atoms in total. The van der Waals surface area contributed by atoms with Crippen LogP contribution in [0.3, 0.4) is 0 Å². The lowest BCUT2D eigenvalue weighted by Crippen LogP contribution is -2.38. The number of morpholine rings is 1. The molecule has 0 spiro atoms. The Balaban J connectivity index is 1.47. The lowest BCUT2D eigenvalue weighted by Gasteiger charge is -2.27. The first-order valence-corrected chi connectivity index (χ1v) is 11.2. The highest BCUT2D eigenvalue weighted by atomic mass is 32.2. The summed E-state index contributed by atoms with van der Waals surface area (Å²) >= 11 is 1.37. The van der Waals surface area contributed by atoms with Crippen LogP contribution in [0.5, 0.6) is 5.75 Å². The van der Waals surface area contributed by atoms with Gasteiger partial charge in [0.2, 0.25) is 0 Å². The Morgan fingerprint density at radius 3 is 2.69 bits per heavy atom. The Bertz CT molecular complexity index is 1230. The molecule has 0 radical (unpaired) electrons. The molecule has 2 aliphatic rings. The minimum absolute atomic E-state index is 0.0950. The number of halogens is 1. The number of aliphatic imine (C=N–C) groups is 1. The summed E-state index contributed by atoms with van der Waals surface area (Å²) in [5.74, 6) is 0.0235. The molecule has 0 aromatic heterocycles. The molecule has 0 aliphatic carbocycles. The number of amides is 1. The van der Waals surface area contributed by atoms with Crippen LogP contribution in [-0.2, 0) is 16.1 Å². The van der Waals surface area contributed by atoms with Crippen molar-refractivity contribution in [3.05, 3.63) is 82.5 Å². The van der Waals surface area contributed by atoms with E-state index in [-0.39, 0.29) is 18.3 Å². The van der Waals surface area contributed by atoms with Crippen LogP contribution in [-0.4, -0.2) is 42.3 Å². The number of carbonyl (C=O) groups is 1. The largest absolute Gasteiger partial charge is 0.488 e. The molecule has 1 saturated heterocycles. The molecular formula is C25H21FN2O3S. The first kappa shape index (κ1) is 20.7. The molecule has 0 bridgehead atoms. The highest BCUT2D eigenvalue weighted by molar-refractivity contribution is 8.18. The summed E-state index contributed by atoms with van der Waals surface area (Å²) in [4.78, 5) is 19.6. The van der Waals surface area contributed by atoms with Gasteiger partial charge < -0.3 is 14.4 Å². The highest BCUT2D eigenvalue weighted by Crippen LogP contribution is 2.36. The number of carbonyl (C=O) groups excluding carboxylic acids is 1. The van der Waals surface area contributed by atoms with Crippen LogP contribution in [0.2, 0.25) is 0 Å². The molecule has 3 aromatic carbocycles. The molecule has 7 heteroatoms. The zero-order chi connectivity index (χ0) is 21.9. The fourth-order valence-electron chi connectivity index (χ4n) is 3.74. The summed E-state index contributed by atoms with van der Waals surface area (Å²) in [6.45, 7) is 2.79. The molecule has 0 atom stereocenters. The molecule has 2 heterocycles. The lowest BCUT2D eigenvalue weighted by atomic mass is 10.0. The Morgan fingerprint density at radius 2 is 1.84 bits per heavy atom. The number of benzene rings is 3. The molecule has 0 N–H and O–H groups in total. The Morgan fingerprint density at radius 1 is 1.06 bits per heavy atom. The van der Waals surface area contributed by atoms with Crippen LogP contribution in [0.25, 0.3) is 16.8 Å². The average molecular weight is 449 g/mol. The molecule has 0 unspecified atom stereocenters. The normalized spacial score (nSPS) is 17.8. The highest BCUT2D eigenvalue weighted by Gasteiger charge is 2.27. The lowest BCUT2D eigenvalue weighted by molar-refractivity contribution is -0.113. The Kier molecular flexibility index (Phi) is 5.92. The van der Waals surface area contributed by atoms with Crippen molar-refractivity contribution in [2.45, 2.75) is 6.61 Å². The maximum atomic E-state index is 14.1. The number of amidine groups is 1. The maximum Gasteiger partial charge on any atom is 0.286 e. The van der Waals surface area contributed by atoms with Gasteiger partial charge in [-0.15, -0.1) is 0 Å². The standard InChI is InChI=1S/C25H21FN2O3S/c26-21-8-4-2-6-18(21)16-31-22-10-9-17-5-1-3-7-19(17)20(22)15-23-24(29)27-25(32-23)28-11-13-30-14-12-28/h1-10,15H,11-14,16H2/b23-15-. The molecule has 1 fully saturated rings. The molecule has 5 rings (SSSR count). The molecule has 3 aromatic rings. The van der Waals surface area contributed by atoms with Gasteiger partial charge in [0.25, 0.3) is 5.91 Å². The summed E-state index contributed by atoms with van der Waals surface area (Å²) < 4.78 is 25.5. The van der Waals surface area contributed by atoms with Crippen molar-refractivity contribution in [2.24, 2.45) is 4.99 Å². The van der Waals surface area contributed by atoms with Crippen LogP contribution in [0.4, 0.5) is 4.39 Å². The quantitative estimate of drug-likeness (QED) is 0.534. The van der Waals surface area contributed by atoms with Crippen LogP contribution in [0.15, 0.2) is 70.6 Å². The van der Waals surface area contributed by atoms with E-state index in [9.17, 15) is 9.18 Å². The van der Waals surface area contributed by atoms with Gasteiger partial charge in [0.1, 0.15) is 18.2 Å². The van der Waals surface area contributed by atoms with Crippen molar-refractivity contribution in [2.75, 3.05) is 26.3 Å². The van der Waals surface area contributed by atoms with E-state index >= 15 is 0 Å². The summed E-state index contributed by atoms with van der Waals surface area (Å²) in [6, 6.07) is 18.3. The molecule has 162 valence electrons. The van der Waals surface area contributed by atoms with Gasteiger partial charge in [0, 0.05) is 24.2 Å². The number of ether oxygens (including phenoxy) is 2. The average Bonchev–Trinajstić information content (AvgIpc) is 3.20. The van der Waals surface area contributed by atoms with E-state index in [0.29, 0.717) is 34.6 Å². The number of thioether (sulfide) groups is 1. The second-order valence-corrected chi connectivity index (χ2v) is 8.50. The van der Waals surface area contributed by atoms with E-state index in [0.717, 1.165) is 29.4 Å². The van der Waals surface area contributed by atoms with Crippen molar-refractivity contribution in [3.8, 4) is 5.75 Å². The number of fused-ring (bicyclic) bond motifs is 1. The van der Waals surface area contributed by atoms with Crippen molar-refractivity contribution < 1.29 is 18.7 Å². The van der Waals surface area contributed by atoms with Crippen molar-refractivity contribution in [3.63, 3.8) is 0 Å². The second-order valence-electron chi connectivity index (χ2n) is 7.49. The van der Waals surface area contributed by atoms with Gasteiger partial charge in [0.15, 0.2) is 5.17 Å². The van der Waals surface area contributed by atoms with Crippen molar-refractivity contribution in [1.82, 2.24) is 4.90 Å². The van der Waals surface area contributed by atoms with E-state index in [1.165, 1.54) is 17.8 Å². The molecule has 2 aliphatic heterocycles. The van der Waals surface area contributed by atoms with E-state index in [2.05, 4.69) is 9.89 Å². The van der Waals surface area contributed by atoms with E-state index in [4.69, 9.17) is 9.47 Å². The van der Waals surface area contributed by atoms with Gasteiger partial charge in [-0.3, -0.25) is 4.79 Å². The van der Waals surface area contributed by atoms with E-state index < -0.39 is 0 Å². The topological polar surface area (TPSA) is 51.1 Å². The fraction of sp³-hybridized carbons (Fsp3) is 0.200. The first-order chi connectivity index (χ1) is 15.7. The zero-order valence-corrected chi connectivity index (χ0v) is 18.1. The minimum atomic E-state index is -0.307. The monoisotopic (exact) mass is 448 g/mol. The van der Waals surface area contributed by atoms with Crippen LogP contribution >= 0.6 is 11.8 Å². The molecule has 0 saturated carbocycles. The van der Waals surface area contributed by atoms with Crippen LogP contribution in [0, 0.1) is 5.82 Å². The van der Waals surface area contributed by atoms with Gasteiger partial charge in [-0.1, -0.05) is 48.5 Å². The van der Waals surface area contributed by atoms with Crippen molar-refractivity contribution in [1.29, 1.82) is 0 Å². The number of rotatable bonds is 4. The predicted octanol–water partition coefficient (Wildman–Crippen LogP) is 4.86. The number of hydrogen-bond donors (Lipinski definition) is 0. The zero-order valence-electron chi connectivity index (χ0n) is 17.3. The SMILES string of the molecule is O=C1N=C(N2CCOCC2)S/C1=C\c1c(OCc2ccccc2F)ccc2ccccc12. The summed E-state index contributed by atoms with van der Waals surface area (Å²) in [6.07, 6.45) is 1.84. The molecule has 1 amide bonds. The molecule has 32 heavy (non-hydrogen) atoms. The van der Waals surface area contributed by atoms with Gasteiger partial charge in [0.05, 0.1) is 18.1 Å². The van der Waals surface area contributed by atoms with Gasteiger partial charge in [-0.05, 0) is 40.7 Å². The Labute approximate surface area is 189 Å². The van der Waals surface area contributed by atoms with Gasteiger partial charge in [-0.2, -0.15) is 4.99 Å². The summed E-state index contributed by atoms with van der Waals surface area (Å²) in [5.41, 5.74) is 1.26. The van der Waals surface area contributed by atoms with E-state index in [1.54, 1.807) is 18.2 Å². The van der Waals surface area contributed by atoms with E-state index in [1.807, 2.05) is 42.5 Å². The number of hydrogen-bond acceptors (Lipinski definition) is 5. The minimum Gasteiger partial charge on any atom is -0.488 e. The smallest absolute Gasteiger partial charge is 0.286 e. The fourth-order valence-corrected chi connectivity index (χ4v) is 4.69. The first-order valence-electron chi connectivity index (χ1n) is 10.4. The van der Waals surface area contributed by atoms with Crippen molar-refractivity contribution >= 4 is 39.7 Å². The van der Waals surface area contributed by atoms with Crippen LogP contribution in [0.1, 0.15) is 11.1 Å². The van der Waals surface area contributed by atoms with Gasteiger partial charge in [-0.25, -0.2) is 4.39 Å². The molecular weight excluding hydrogens is 427 g/mol.